The Morgan fingerprint density at radius 1 is 1.26 bits per heavy atom. The fourth-order valence-electron chi connectivity index (χ4n) is 2.75. The van der Waals surface area contributed by atoms with E-state index in [-0.39, 0.29) is 23.8 Å². The van der Waals surface area contributed by atoms with Crippen molar-refractivity contribution in [2.24, 2.45) is 5.92 Å². The highest BCUT2D eigenvalue weighted by Crippen LogP contribution is 2.25. The number of nitrogens with one attached hydrogen (secondary N) is 3. The van der Waals surface area contributed by atoms with Gasteiger partial charge >= 0.3 is 0 Å². The number of hydrogen-bond donors (Lipinski definition) is 3. The van der Waals surface area contributed by atoms with Gasteiger partial charge in [-0.15, -0.1) is 0 Å². The third-order valence-corrected chi connectivity index (χ3v) is 4.31. The Kier molecular flexibility index (Phi) is 4.81. The molecule has 1 aromatic rings. The summed E-state index contributed by atoms with van der Waals surface area (Å²) < 4.78 is 5.20. The molecule has 1 aliphatic heterocycles. The predicted octanol–water partition coefficient (Wildman–Crippen LogP) is 1.53. The SMILES string of the molecule is COc1ccc(NC(=O)C2CCCNC2)c(C(=O)NC2CC2)c1. The van der Waals surface area contributed by atoms with E-state index in [0.29, 0.717) is 23.5 Å². The van der Waals surface area contributed by atoms with Gasteiger partial charge in [0.15, 0.2) is 0 Å². The van der Waals surface area contributed by atoms with Gasteiger partial charge in [-0.2, -0.15) is 0 Å². The number of benzene rings is 1. The average molecular weight is 317 g/mol. The van der Waals surface area contributed by atoms with Crippen LogP contribution in [0.3, 0.4) is 0 Å². The third-order valence-electron chi connectivity index (χ3n) is 4.31. The molecule has 1 atom stereocenters. The van der Waals surface area contributed by atoms with E-state index in [0.717, 1.165) is 32.2 Å². The Balaban J connectivity index is 1.76. The number of methoxy groups -OCH3 is 1. The van der Waals surface area contributed by atoms with Gasteiger partial charge in [0, 0.05) is 12.6 Å². The molecular formula is C17H23N3O3. The second-order valence-corrected chi connectivity index (χ2v) is 6.19. The quantitative estimate of drug-likeness (QED) is 0.769. The van der Waals surface area contributed by atoms with Crippen molar-refractivity contribution >= 4 is 17.5 Å². The van der Waals surface area contributed by atoms with Crippen molar-refractivity contribution in [3.8, 4) is 5.75 Å². The fourth-order valence-corrected chi connectivity index (χ4v) is 2.75. The summed E-state index contributed by atoms with van der Waals surface area (Å²) in [6.45, 7) is 1.65. The molecule has 1 saturated heterocycles. The van der Waals surface area contributed by atoms with E-state index in [4.69, 9.17) is 4.74 Å². The van der Waals surface area contributed by atoms with Crippen LogP contribution in [-0.2, 0) is 4.79 Å². The topological polar surface area (TPSA) is 79.5 Å². The molecule has 1 aliphatic carbocycles. The molecule has 6 nitrogen and oxygen atoms in total. The molecule has 1 aromatic carbocycles. The lowest BCUT2D eigenvalue weighted by Gasteiger charge is -2.22. The van der Waals surface area contributed by atoms with Crippen LogP contribution in [0.15, 0.2) is 18.2 Å². The summed E-state index contributed by atoms with van der Waals surface area (Å²) in [5.41, 5.74) is 0.993. The molecule has 0 bridgehead atoms. The first-order valence-electron chi connectivity index (χ1n) is 8.18. The maximum atomic E-state index is 12.4. The number of piperidine rings is 1. The highest BCUT2D eigenvalue weighted by Gasteiger charge is 2.26. The van der Waals surface area contributed by atoms with Gasteiger partial charge in [-0.1, -0.05) is 0 Å². The number of rotatable bonds is 5. The Bertz CT molecular complexity index is 593. The molecule has 124 valence electrons. The summed E-state index contributed by atoms with van der Waals surface area (Å²) >= 11 is 0. The standard InChI is InChI=1S/C17H23N3O3/c1-23-13-6-7-15(14(9-13)17(22)19-12-4-5-12)20-16(21)11-3-2-8-18-10-11/h6-7,9,11-12,18H,2-5,8,10H2,1H3,(H,19,22)(H,20,21). The van der Waals surface area contributed by atoms with Crippen molar-refractivity contribution in [2.75, 3.05) is 25.5 Å². The second-order valence-electron chi connectivity index (χ2n) is 6.19. The Hall–Kier alpha value is -2.08. The molecule has 2 amide bonds. The van der Waals surface area contributed by atoms with Crippen molar-refractivity contribution in [1.29, 1.82) is 0 Å². The molecule has 2 fully saturated rings. The fraction of sp³-hybridized carbons (Fsp3) is 0.529. The van der Waals surface area contributed by atoms with Crippen LogP contribution >= 0.6 is 0 Å². The van der Waals surface area contributed by atoms with Crippen molar-refractivity contribution in [1.82, 2.24) is 10.6 Å². The van der Waals surface area contributed by atoms with Gasteiger partial charge in [0.25, 0.3) is 5.91 Å². The van der Waals surface area contributed by atoms with Gasteiger partial charge in [0.05, 0.1) is 24.3 Å². The minimum absolute atomic E-state index is 0.0390. The number of hydrogen-bond acceptors (Lipinski definition) is 4. The van der Waals surface area contributed by atoms with Gasteiger partial charge in [-0.3, -0.25) is 9.59 Å². The van der Waals surface area contributed by atoms with Gasteiger partial charge in [0.2, 0.25) is 5.91 Å². The minimum Gasteiger partial charge on any atom is -0.497 e. The minimum atomic E-state index is -0.163. The van der Waals surface area contributed by atoms with Crippen LogP contribution in [0.25, 0.3) is 0 Å². The molecule has 0 spiro atoms. The predicted molar refractivity (Wildman–Crippen MR) is 87.7 cm³/mol. The van der Waals surface area contributed by atoms with E-state index in [9.17, 15) is 9.59 Å². The monoisotopic (exact) mass is 317 g/mol. The lowest BCUT2D eigenvalue weighted by molar-refractivity contribution is -0.120. The molecule has 1 unspecified atom stereocenters. The molecule has 6 heteroatoms. The zero-order valence-corrected chi connectivity index (χ0v) is 13.4. The molecule has 1 saturated carbocycles. The van der Waals surface area contributed by atoms with Crippen LogP contribution in [0.2, 0.25) is 0 Å². The molecule has 3 rings (SSSR count). The molecular weight excluding hydrogens is 294 g/mol. The van der Waals surface area contributed by atoms with E-state index in [1.54, 1.807) is 25.3 Å². The first kappa shape index (κ1) is 15.8. The van der Waals surface area contributed by atoms with E-state index in [1.165, 1.54) is 0 Å². The molecule has 2 aliphatic rings. The smallest absolute Gasteiger partial charge is 0.253 e. The Morgan fingerprint density at radius 2 is 2.09 bits per heavy atom. The van der Waals surface area contributed by atoms with Crippen LogP contribution in [0.4, 0.5) is 5.69 Å². The zero-order chi connectivity index (χ0) is 16.2. The summed E-state index contributed by atoms with van der Waals surface area (Å²) in [6, 6.07) is 5.42. The van der Waals surface area contributed by atoms with E-state index in [1.807, 2.05) is 0 Å². The van der Waals surface area contributed by atoms with Crippen LogP contribution in [-0.4, -0.2) is 38.1 Å². The van der Waals surface area contributed by atoms with E-state index >= 15 is 0 Å². The molecule has 0 radical (unpaired) electrons. The van der Waals surface area contributed by atoms with Crippen LogP contribution < -0.4 is 20.7 Å². The number of anilines is 1. The number of amides is 2. The van der Waals surface area contributed by atoms with Gasteiger partial charge in [-0.25, -0.2) is 0 Å². The number of carbonyl (C=O) groups excluding carboxylic acids is 2. The summed E-state index contributed by atoms with van der Waals surface area (Å²) in [6.07, 6.45) is 3.91. The summed E-state index contributed by atoms with van der Waals surface area (Å²) in [4.78, 5) is 24.8. The van der Waals surface area contributed by atoms with Crippen LogP contribution in [0.5, 0.6) is 5.75 Å². The summed E-state index contributed by atoms with van der Waals surface area (Å²) in [5.74, 6) is 0.347. The normalized spacial score (nSPS) is 20.7. The molecule has 23 heavy (non-hydrogen) atoms. The number of ether oxygens (including phenoxy) is 1. The van der Waals surface area contributed by atoms with Crippen molar-refractivity contribution in [3.05, 3.63) is 23.8 Å². The highest BCUT2D eigenvalue weighted by molar-refractivity contribution is 6.04. The second kappa shape index (κ2) is 7.00. The van der Waals surface area contributed by atoms with Crippen molar-refractivity contribution in [3.63, 3.8) is 0 Å². The third kappa shape index (κ3) is 4.01. The van der Waals surface area contributed by atoms with Crippen LogP contribution in [0, 0.1) is 5.92 Å². The van der Waals surface area contributed by atoms with E-state index < -0.39 is 0 Å². The van der Waals surface area contributed by atoms with Gasteiger partial charge in [0.1, 0.15) is 5.75 Å². The lowest BCUT2D eigenvalue weighted by Crippen LogP contribution is -2.37. The first-order valence-corrected chi connectivity index (χ1v) is 8.18. The van der Waals surface area contributed by atoms with Crippen molar-refractivity contribution < 1.29 is 14.3 Å². The lowest BCUT2D eigenvalue weighted by atomic mass is 9.98. The summed E-state index contributed by atoms with van der Waals surface area (Å²) in [7, 11) is 1.56. The maximum absolute atomic E-state index is 12.4. The maximum Gasteiger partial charge on any atom is 0.253 e. The zero-order valence-electron chi connectivity index (χ0n) is 13.4. The Labute approximate surface area is 136 Å². The van der Waals surface area contributed by atoms with Gasteiger partial charge < -0.3 is 20.7 Å². The van der Waals surface area contributed by atoms with E-state index in [2.05, 4.69) is 16.0 Å². The molecule has 0 aromatic heterocycles. The van der Waals surface area contributed by atoms with Crippen molar-refractivity contribution in [2.45, 2.75) is 31.7 Å². The Morgan fingerprint density at radius 3 is 2.74 bits per heavy atom. The molecule has 3 N–H and O–H groups in total. The highest BCUT2D eigenvalue weighted by atomic mass is 16.5. The van der Waals surface area contributed by atoms with Crippen LogP contribution in [0.1, 0.15) is 36.0 Å². The first-order chi connectivity index (χ1) is 11.2. The summed E-state index contributed by atoms with van der Waals surface area (Å²) in [5, 5.41) is 9.10. The largest absolute Gasteiger partial charge is 0.497 e. The number of carbonyl (C=O) groups is 2. The average Bonchev–Trinajstić information content (AvgIpc) is 3.39. The molecule has 1 heterocycles. The van der Waals surface area contributed by atoms with Gasteiger partial charge in [-0.05, 0) is 50.4 Å².